The third-order valence-electron chi connectivity index (χ3n) is 15.8. The van der Waals surface area contributed by atoms with Crippen molar-refractivity contribution in [3.8, 4) is 0 Å². The first-order valence-corrected chi connectivity index (χ1v) is 20.5. The van der Waals surface area contributed by atoms with Gasteiger partial charge in [-0.05, 0) is 124 Å². The molecule has 8 heteroatoms. The molecule has 5 aliphatic rings. The molecule has 3 N–H and O–H groups in total. The van der Waals surface area contributed by atoms with Crippen molar-refractivity contribution in [1.82, 2.24) is 4.90 Å². The number of hydrogen-bond donors (Lipinski definition) is 3. The molecule has 4 fully saturated rings. The fourth-order valence-corrected chi connectivity index (χ4v) is 13.2. The Hall–Kier alpha value is -2.55. The van der Waals surface area contributed by atoms with Gasteiger partial charge in [0.2, 0.25) is 0 Å². The summed E-state index contributed by atoms with van der Waals surface area (Å²) in [6.07, 6.45) is 6.42. The maximum absolute atomic E-state index is 14.0. The number of aliphatic hydroxyl groups is 2. The highest BCUT2D eigenvalue weighted by atomic mass is 16.5. The number of aliphatic hydroxyl groups excluding tert-OH is 2. The van der Waals surface area contributed by atoms with Gasteiger partial charge in [-0.1, -0.05) is 77.4 Å². The number of fused-ring (bicyclic) bond motifs is 7. The van der Waals surface area contributed by atoms with E-state index in [-0.39, 0.29) is 46.4 Å². The monoisotopic (exact) mass is 733 g/mol. The van der Waals surface area contributed by atoms with Crippen LogP contribution in [0.2, 0.25) is 0 Å². The fourth-order valence-electron chi connectivity index (χ4n) is 13.2. The number of carbonyl (C=O) groups excluding carboxylic acids is 2. The van der Waals surface area contributed by atoms with Crippen LogP contribution in [0.5, 0.6) is 0 Å². The summed E-state index contributed by atoms with van der Waals surface area (Å²) in [4.78, 5) is 40.8. The second-order valence-electron chi connectivity index (χ2n) is 20.1. The number of ether oxygens (including phenoxy) is 1. The second kappa shape index (κ2) is 14.2. The molecule has 0 radical (unpaired) electrons. The number of allylic oxidation sites excluding steroid dienone is 1. The first kappa shape index (κ1) is 40.1. The number of carboxylic acid groups (broad SMARTS) is 1. The highest BCUT2D eigenvalue weighted by Gasteiger charge is 2.67. The van der Waals surface area contributed by atoms with E-state index in [0.717, 1.165) is 62.5 Å². The second-order valence-corrected chi connectivity index (χ2v) is 20.1. The molecular weight excluding hydrogens is 666 g/mol. The zero-order valence-electron chi connectivity index (χ0n) is 33.9. The van der Waals surface area contributed by atoms with Crippen LogP contribution in [-0.2, 0) is 19.1 Å². The molecular formula is C45H67NO7. The molecule has 53 heavy (non-hydrogen) atoms. The van der Waals surface area contributed by atoms with Gasteiger partial charge < -0.3 is 25.0 Å². The van der Waals surface area contributed by atoms with E-state index in [9.17, 15) is 29.7 Å². The Kier molecular flexibility index (Phi) is 10.7. The average Bonchev–Trinajstić information content (AvgIpc) is 3.39. The van der Waals surface area contributed by atoms with Gasteiger partial charge >= 0.3 is 11.9 Å². The lowest BCUT2D eigenvalue weighted by Gasteiger charge is -2.69. The van der Waals surface area contributed by atoms with Crippen molar-refractivity contribution in [2.75, 3.05) is 20.1 Å². The van der Waals surface area contributed by atoms with Gasteiger partial charge in [0.25, 0.3) is 0 Å². The van der Waals surface area contributed by atoms with Gasteiger partial charge in [0.1, 0.15) is 6.10 Å². The molecule has 6 rings (SSSR count). The maximum atomic E-state index is 14.0. The van der Waals surface area contributed by atoms with Crippen LogP contribution in [0, 0.1) is 56.7 Å². The topological polar surface area (TPSA) is 124 Å². The van der Waals surface area contributed by atoms with E-state index in [1.165, 1.54) is 5.57 Å². The van der Waals surface area contributed by atoms with E-state index in [1.807, 2.05) is 42.3 Å². The molecule has 0 amide bonds. The number of carbonyl (C=O) groups is 3. The standard InChI is InChI=1S/C45H67NO7/c1-27(2)38-31(47)23-45(35(49)26-46(9)25-32(48)28-13-11-10-12-14-28)22-17-30-29(39(38)45)15-16-34-43(30,7)20-18-33-42(5,6)36(19-21-44(33,34)8)53-37(50)24-41(3,4)40(51)52/h10-14,27,29-30,32-36,48-49H,15-26H2,1-9H3,(H,51,52). The lowest BCUT2D eigenvalue weighted by molar-refractivity contribution is -0.214. The molecule has 10 unspecified atom stereocenters. The van der Waals surface area contributed by atoms with Crippen LogP contribution in [0.4, 0.5) is 0 Å². The van der Waals surface area contributed by atoms with Gasteiger partial charge in [-0.15, -0.1) is 0 Å². The number of carboxylic acids is 1. The van der Waals surface area contributed by atoms with Crippen LogP contribution >= 0.6 is 0 Å². The minimum atomic E-state index is -1.17. The van der Waals surface area contributed by atoms with Gasteiger partial charge in [0.05, 0.1) is 24.0 Å². The molecule has 0 bridgehead atoms. The molecule has 0 aliphatic heterocycles. The minimum absolute atomic E-state index is 0.0712. The van der Waals surface area contributed by atoms with Crippen LogP contribution in [0.1, 0.15) is 131 Å². The molecule has 0 heterocycles. The highest BCUT2D eigenvalue weighted by Crippen LogP contribution is 2.73. The van der Waals surface area contributed by atoms with E-state index in [4.69, 9.17) is 4.74 Å². The number of ketones is 1. The summed E-state index contributed by atoms with van der Waals surface area (Å²) in [7, 11) is 1.96. The van der Waals surface area contributed by atoms with Crippen molar-refractivity contribution in [3.05, 3.63) is 47.0 Å². The lowest BCUT2D eigenvalue weighted by atomic mass is 9.36. The molecule has 4 saturated carbocycles. The van der Waals surface area contributed by atoms with Gasteiger partial charge in [0, 0.05) is 30.3 Å². The number of nitrogens with zero attached hydrogens (tertiary/aromatic N) is 1. The largest absolute Gasteiger partial charge is 0.481 e. The van der Waals surface area contributed by atoms with E-state index < -0.39 is 35.0 Å². The summed E-state index contributed by atoms with van der Waals surface area (Å²) < 4.78 is 6.15. The van der Waals surface area contributed by atoms with E-state index in [2.05, 4.69) is 41.5 Å². The predicted octanol–water partition coefficient (Wildman–Crippen LogP) is 8.02. The molecule has 5 aliphatic carbocycles. The van der Waals surface area contributed by atoms with E-state index in [1.54, 1.807) is 13.8 Å². The Morgan fingerprint density at radius 2 is 1.57 bits per heavy atom. The fraction of sp³-hybridized carbons (Fsp3) is 0.756. The normalized spacial score (nSPS) is 36.3. The number of aliphatic carboxylic acids is 1. The SMILES string of the molecule is CC(C)C1=C2C3CCC4C(C)(CCC5C(C)(C)C(OC(=O)CC(C)(C)C(=O)O)CCC54C)C3CCC2(C(O)CN(C)CC(O)c2ccccc2)CC1=O. The number of hydrogen-bond acceptors (Lipinski definition) is 7. The van der Waals surface area contributed by atoms with Crippen LogP contribution < -0.4 is 0 Å². The van der Waals surface area contributed by atoms with Crippen molar-refractivity contribution < 1.29 is 34.4 Å². The smallest absolute Gasteiger partial charge is 0.309 e. The third-order valence-corrected chi connectivity index (χ3v) is 15.8. The van der Waals surface area contributed by atoms with Crippen LogP contribution in [0.15, 0.2) is 41.5 Å². The molecule has 1 aromatic rings. The summed E-state index contributed by atoms with van der Waals surface area (Å²) in [6.45, 7) is 17.8. The quantitative estimate of drug-likeness (QED) is 0.196. The van der Waals surface area contributed by atoms with Crippen LogP contribution in [0.3, 0.4) is 0 Å². The first-order valence-electron chi connectivity index (χ1n) is 20.5. The summed E-state index contributed by atoms with van der Waals surface area (Å²) >= 11 is 0. The average molecular weight is 734 g/mol. The molecule has 1 aromatic carbocycles. The molecule has 0 spiro atoms. The number of benzene rings is 1. The molecule has 8 nitrogen and oxygen atoms in total. The van der Waals surface area contributed by atoms with Crippen molar-refractivity contribution in [2.24, 2.45) is 56.7 Å². The van der Waals surface area contributed by atoms with Gasteiger partial charge in [-0.2, -0.15) is 0 Å². The summed E-state index contributed by atoms with van der Waals surface area (Å²) in [5, 5.41) is 32.8. The minimum Gasteiger partial charge on any atom is -0.481 e. The number of rotatable bonds is 11. The zero-order chi connectivity index (χ0) is 38.9. The number of esters is 1. The highest BCUT2D eigenvalue weighted by molar-refractivity contribution is 6.00. The van der Waals surface area contributed by atoms with Gasteiger partial charge in [-0.25, -0.2) is 0 Å². The summed E-state index contributed by atoms with van der Waals surface area (Å²) in [6, 6.07) is 9.65. The lowest BCUT2D eigenvalue weighted by Crippen LogP contribution is -2.63. The molecule has 10 atom stereocenters. The summed E-state index contributed by atoms with van der Waals surface area (Å²) in [5.74, 6) is 0.467. The van der Waals surface area contributed by atoms with E-state index in [0.29, 0.717) is 37.3 Å². The van der Waals surface area contributed by atoms with Gasteiger partial charge in [-0.3, -0.25) is 14.4 Å². The van der Waals surface area contributed by atoms with Crippen molar-refractivity contribution >= 4 is 17.7 Å². The van der Waals surface area contributed by atoms with Crippen molar-refractivity contribution in [2.45, 2.75) is 138 Å². The Bertz CT molecular complexity index is 1600. The summed E-state index contributed by atoms with van der Waals surface area (Å²) in [5.41, 5.74) is 1.29. The van der Waals surface area contributed by atoms with E-state index >= 15 is 0 Å². The Morgan fingerprint density at radius 3 is 2.21 bits per heavy atom. The van der Waals surface area contributed by atoms with Crippen LogP contribution in [0.25, 0.3) is 0 Å². The molecule has 0 aromatic heterocycles. The van der Waals surface area contributed by atoms with Crippen molar-refractivity contribution in [1.29, 1.82) is 0 Å². The predicted molar refractivity (Wildman–Crippen MR) is 206 cm³/mol. The Morgan fingerprint density at radius 1 is 0.906 bits per heavy atom. The molecule has 0 saturated heterocycles. The Labute approximate surface area is 318 Å². The number of Topliss-reactive ketones (excluding diaryl/α,β-unsaturated/α-hetero) is 1. The maximum Gasteiger partial charge on any atom is 0.309 e. The third kappa shape index (κ3) is 6.75. The molecule has 294 valence electrons. The van der Waals surface area contributed by atoms with Crippen LogP contribution in [-0.4, -0.2) is 70.3 Å². The Balaban J connectivity index is 1.23. The first-order chi connectivity index (χ1) is 24.7. The number of likely N-dealkylation sites (N-methyl/N-ethyl adjacent to an activating group) is 1. The van der Waals surface area contributed by atoms with Crippen molar-refractivity contribution in [3.63, 3.8) is 0 Å². The van der Waals surface area contributed by atoms with Gasteiger partial charge in [0.15, 0.2) is 5.78 Å². The zero-order valence-corrected chi connectivity index (χ0v) is 33.9.